The second kappa shape index (κ2) is 17.8. The van der Waals surface area contributed by atoms with Crippen LogP contribution < -0.4 is 26.2 Å². The fourth-order valence-electron chi connectivity index (χ4n) is 12.1. The Morgan fingerprint density at radius 2 is 0.753 bits per heavy atom. The predicted molar refractivity (Wildman–Crippen MR) is 328 cm³/mol. The van der Waals surface area contributed by atoms with Crippen LogP contribution in [0.3, 0.4) is 0 Å². The van der Waals surface area contributed by atoms with Crippen LogP contribution in [0.15, 0.2) is 237 Å². The minimum atomic E-state index is -0.0892. The summed E-state index contributed by atoms with van der Waals surface area (Å²) in [6.07, 6.45) is 0. The van der Waals surface area contributed by atoms with Crippen molar-refractivity contribution in [2.24, 2.45) is 0 Å². The van der Waals surface area contributed by atoms with Gasteiger partial charge in [0.1, 0.15) is 0 Å². The molecule has 0 amide bonds. The van der Waals surface area contributed by atoms with Crippen molar-refractivity contribution >= 4 is 89.7 Å². The lowest BCUT2D eigenvalue weighted by atomic mass is 9.33. The molecule has 0 spiro atoms. The highest BCUT2D eigenvalue weighted by Crippen LogP contribution is 2.48. The molecular formula is C72H57BN4. The third-order valence-electron chi connectivity index (χ3n) is 16.1. The molecule has 4 nitrogen and oxygen atoms in total. The summed E-state index contributed by atoms with van der Waals surface area (Å²) in [5, 5.41) is 5.85. The van der Waals surface area contributed by atoms with Gasteiger partial charge in [0.2, 0.25) is 0 Å². The van der Waals surface area contributed by atoms with Gasteiger partial charge in [0.15, 0.2) is 5.82 Å². The number of nitrogens with zero attached hydrogens (tertiary/aromatic N) is 4. The second-order valence-corrected chi connectivity index (χ2v) is 23.1. The number of anilines is 6. The van der Waals surface area contributed by atoms with Crippen molar-refractivity contribution in [2.45, 2.75) is 52.4 Å². The van der Waals surface area contributed by atoms with Crippen LogP contribution in [0.25, 0.3) is 77.3 Å². The first-order valence-electron chi connectivity index (χ1n) is 27.0. The third-order valence-corrected chi connectivity index (χ3v) is 16.1. The predicted octanol–water partition coefficient (Wildman–Crippen LogP) is 17.3. The maximum atomic E-state index is 5.77. The van der Waals surface area contributed by atoms with E-state index in [4.69, 9.17) is 9.97 Å². The molecular weight excluding hydrogens is 932 g/mol. The average molecular weight is 989 g/mol. The monoisotopic (exact) mass is 988 g/mol. The van der Waals surface area contributed by atoms with Crippen molar-refractivity contribution in [3.05, 3.63) is 248 Å². The smallest absolute Gasteiger partial charge is 0.252 e. The number of benzene rings is 11. The molecule has 5 heteroatoms. The summed E-state index contributed by atoms with van der Waals surface area (Å²) in [4.78, 5) is 16.4. The molecule has 77 heavy (non-hydrogen) atoms. The van der Waals surface area contributed by atoms with E-state index in [1.54, 1.807) is 0 Å². The summed E-state index contributed by atoms with van der Waals surface area (Å²) in [6.45, 7) is 13.6. The van der Waals surface area contributed by atoms with E-state index in [0.29, 0.717) is 5.82 Å². The van der Waals surface area contributed by atoms with E-state index in [1.807, 2.05) is 0 Å². The Morgan fingerprint density at radius 3 is 1.22 bits per heavy atom. The summed E-state index contributed by atoms with van der Waals surface area (Å²) in [6, 6.07) is 87.5. The molecule has 0 bridgehead atoms. The molecule has 0 saturated carbocycles. The van der Waals surface area contributed by atoms with Gasteiger partial charge in [0.05, 0.1) is 11.2 Å². The minimum Gasteiger partial charge on any atom is -0.311 e. The Morgan fingerprint density at radius 1 is 0.338 bits per heavy atom. The first-order chi connectivity index (χ1) is 37.4. The number of hydrogen-bond acceptors (Lipinski definition) is 4. The molecule has 0 atom stereocenters. The van der Waals surface area contributed by atoms with E-state index < -0.39 is 0 Å². The van der Waals surface area contributed by atoms with Gasteiger partial charge in [0, 0.05) is 50.6 Å². The van der Waals surface area contributed by atoms with Crippen molar-refractivity contribution < 1.29 is 0 Å². The lowest BCUT2D eigenvalue weighted by Gasteiger charge is -2.44. The van der Waals surface area contributed by atoms with Gasteiger partial charge in [-0.3, -0.25) is 0 Å². The highest BCUT2D eigenvalue weighted by Gasteiger charge is 2.44. The van der Waals surface area contributed by atoms with Gasteiger partial charge in [0.25, 0.3) is 6.71 Å². The van der Waals surface area contributed by atoms with Gasteiger partial charge in [-0.15, -0.1) is 0 Å². The average Bonchev–Trinajstić information content (AvgIpc) is 3.57. The molecule has 12 aromatic rings. The number of rotatable bonds is 6. The fraction of sp³-hybridized carbons (Fsp3) is 0.111. The van der Waals surface area contributed by atoms with Crippen molar-refractivity contribution in [3.8, 4) is 44.9 Å². The molecule has 2 aliphatic heterocycles. The minimum absolute atomic E-state index is 0.0121. The lowest BCUT2D eigenvalue weighted by Crippen LogP contribution is -2.61. The molecule has 0 aliphatic carbocycles. The van der Waals surface area contributed by atoms with Crippen molar-refractivity contribution in [1.82, 2.24) is 9.97 Å². The number of para-hydroxylation sites is 1. The van der Waals surface area contributed by atoms with E-state index in [0.717, 1.165) is 72.7 Å². The van der Waals surface area contributed by atoms with Gasteiger partial charge in [-0.2, -0.15) is 0 Å². The van der Waals surface area contributed by atoms with Gasteiger partial charge < -0.3 is 9.80 Å². The zero-order valence-corrected chi connectivity index (χ0v) is 44.4. The van der Waals surface area contributed by atoms with E-state index in [-0.39, 0.29) is 17.5 Å². The van der Waals surface area contributed by atoms with Gasteiger partial charge in [-0.25, -0.2) is 9.97 Å². The molecule has 0 saturated heterocycles. The van der Waals surface area contributed by atoms with E-state index >= 15 is 0 Å². The Hall–Kier alpha value is -9.06. The summed E-state index contributed by atoms with van der Waals surface area (Å²) >= 11 is 0. The fourth-order valence-corrected chi connectivity index (χ4v) is 12.1. The molecule has 14 rings (SSSR count). The van der Waals surface area contributed by atoms with Crippen molar-refractivity contribution in [2.75, 3.05) is 9.80 Å². The highest BCUT2D eigenvalue weighted by molar-refractivity contribution is 7.00. The van der Waals surface area contributed by atoms with Crippen molar-refractivity contribution in [3.63, 3.8) is 0 Å². The lowest BCUT2D eigenvalue weighted by molar-refractivity contribution is 0.590. The Labute approximate surface area is 452 Å². The van der Waals surface area contributed by atoms with E-state index in [2.05, 4.69) is 288 Å². The molecule has 0 N–H and O–H groups in total. The SMILES string of the molecule is CC(C)(C)c1ccc(N2c3cc4ccccc4cc3B3c4cc5ccccc5cc4N(c4ccc(C(C)(C)C)cc4)c4cc(-c5nc(-c6cc(-c7ccccc7)cc(-c7ccccc7)c6)c6ccccc6n5)cc2c43)cc1. The topological polar surface area (TPSA) is 32.3 Å². The summed E-state index contributed by atoms with van der Waals surface area (Å²) in [5.74, 6) is 0.667. The van der Waals surface area contributed by atoms with Gasteiger partial charge in [-0.1, -0.05) is 205 Å². The van der Waals surface area contributed by atoms with Crippen LogP contribution in [0, 0.1) is 0 Å². The van der Waals surface area contributed by atoms with Crippen LogP contribution in [0.5, 0.6) is 0 Å². The standard InChI is InChI=1S/C72H57BN4/c1-71(2,3)56-29-33-58(34-30-56)76-64-42-50-25-15-13-23-48(50)40-61(64)73-62-41-49-24-14-16-26-51(49)43-65(62)77(59-35-31-57(32-36-59)72(4,5)6)67-45-55(44-66(76)68(67)73)70-74-63-28-18-17-27-60(63)69(75-70)54-38-52(46-19-9-7-10-20-46)37-53(39-54)47-21-11-8-12-22-47/h7-45H,1-6H3. The van der Waals surface area contributed by atoms with E-state index in [9.17, 15) is 0 Å². The van der Waals surface area contributed by atoms with Crippen LogP contribution in [0.4, 0.5) is 34.1 Å². The maximum absolute atomic E-state index is 5.77. The third kappa shape index (κ3) is 7.99. The Bertz CT molecular complexity index is 4060. The Balaban J connectivity index is 1.08. The van der Waals surface area contributed by atoms with Crippen LogP contribution in [0.1, 0.15) is 52.7 Å². The number of aromatic nitrogens is 2. The molecule has 368 valence electrons. The van der Waals surface area contributed by atoms with Gasteiger partial charge in [-0.05, 0) is 155 Å². The molecule has 0 radical (unpaired) electrons. The molecule has 3 heterocycles. The first kappa shape index (κ1) is 46.5. The largest absolute Gasteiger partial charge is 0.311 e. The first-order valence-corrected chi connectivity index (χ1v) is 27.0. The quantitative estimate of drug-likeness (QED) is 0.155. The van der Waals surface area contributed by atoms with Crippen LogP contribution in [-0.4, -0.2) is 16.7 Å². The molecule has 0 fully saturated rings. The number of fused-ring (bicyclic) bond motifs is 7. The Kier molecular flexibility index (Phi) is 10.7. The zero-order chi connectivity index (χ0) is 52.2. The normalized spacial score (nSPS) is 13.0. The summed E-state index contributed by atoms with van der Waals surface area (Å²) < 4.78 is 0. The molecule has 1 aromatic heterocycles. The van der Waals surface area contributed by atoms with E-state index in [1.165, 1.54) is 60.4 Å². The molecule has 0 unspecified atom stereocenters. The summed E-state index contributed by atoms with van der Waals surface area (Å²) in [5.41, 5.74) is 21.5. The second-order valence-electron chi connectivity index (χ2n) is 23.1. The molecule has 11 aromatic carbocycles. The maximum Gasteiger partial charge on any atom is 0.252 e. The summed E-state index contributed by atoms with van der Waals surface area (Å²) in [7, 11) is 0. The molecule has 2 aliphatic rings. The highest BCUT2D eigenvalue weighted by atomic mass is 15.2. The zero-order valence-electron chi connectivity index (χ0n) is 44.4. The van der Waals surface area contributed by atoms with Crippen molar-refractivity contribution in [1.29, 1.82) is 0 Å². The number of hydrogen-bond donors (Lipinski definition) is 0. The van der Waals surface area contributed by atoms with Gasteiger partial charge >= 0.3 is 0 Å². The van der Waals surface area contributed by atoms with Crippen LogP contribution in [0.2, 0.25) is 0 Å². The van der Waals surface area contributed by atoms with Crippen LogP contribution >= 0.6 is 0 Å². The van der Waals surface area contributed by atoms with Crippen LogP contribution in [-0.2, 0) is 10.8 Å².